The molecule has 0 N–H and O–H groups in total. The quantitative estimate of drug-likeness (QED) is 0.690. The van der Waals surface area contributed by atoms with Crippen LogP contribution in [0.5, 0.6) is 0 Å². The summed E-state index contributed by atoms with van der Waals surface area (Å²) in [5, 5.41) is 0. The van der Waals surface area contributed by atoms with E-state index in [1.807, 2.05) is 6.20 Å². The van der Waals surface area contributed by atoms with Crippen LogP contribution in [0, 0.1) is 13.8 Å². The Hall–Kier alpha value is -0.850. The summed E-state index contributed by atoms with van der Waals surface area (Å²) in [6.45, 7) is 13.3. The van der Waals surface area contributed by atoms with E-state index in [-0.39, 0.29) is 0 Å². The molecule has 14 heavy (non-hydrogen) atoms. The normalized spacial score (nSPS) is 11.4. The number of hydrogen-bond acceptors (Lipinski definition) is 1. The van der Waals surface area contributed by atoms with Gasteiger partial charge in [-0.25, -0.2) is 0 Å². The number of aryl methyl sites for hydroxylation is 1. The highest BCUT2D eigenvalue weighted by Crippen LogP contribution is 2.28. The summed E-state index contributed by atoms with van der Waals surface area (Å²) in [7, 11) is 0. The Balaban J connectivity index is 3.38. The molecule has 0 aliphatic carbocycles. The first-order chi connectivity index (χ1) is 6.45. The van der Waals surface area contributed by atoms with E-state index < -0.39 is 0 Å². The molecule has 1 rings (SSSR count). The minimum Gasteiger partial charge on any atom is -0.260 e. The molecule has 0 aliphatic rings. The maximum absolute atomic E-state index is 4.56. The molecule has 0 aliphatic heterocycles. The van der Waals surface area contributed by atoms with Gasteiger partial charge in [-0.05, 0) is 42.4 Å². The summed E-state index contributed by atoms with van der Waals surface area (Å²) in [5.74, 6) is 1.09. The molecular weight excluding hydrogens is 170 g/mol. The second-order valence-electron chi connectivity index (χ2n) is 4.67. The molecule has 1 aromatic heterocycles. The minimum absolute atomic E-state index is 0.520. The lowest BCUT2D eigenvalue weighted by molar-refractivity contribution is 0.748. The SMILES string of the molecule is Cc1cnc(C(C)C)c(C(C)C)c1C. The number of aromatic nitrogens is 1. The van der Waals surface area contributed by atoms with Gasteiger partial charge in [0.2, 0.25) is 0 Å². The van der Waals surface area contributed by atoms with E-state index in [1.54, 1.807) is 0 Å². The summed E-state index contributed by atoms with van der Waals surface area (Å²) in [4.78, 5) is 4.56. The zero-order chi connectivity index (χ0) is 10.9. The van der Waals surface area contributed by atoms with Gasteiger partial charge in [-0.1, -0.05) is 27.7 Å². The second-order valence-corrected chi connectivity index (χ2v) is 4.67. The highest BCUT2D eigenvalue weighted by atomic mass is 14.7. The van der Waals surface area contributed by atoms with E-state index in [9.17, 15) is 0 Å². The van der Waals surface area contributed by atoms with Crippen molar-refractivity contribution in [2.75, 3.05) is 0 Å². The third-order valence-corrected chi connectivity index (χ3v) is 2.79. The van der Waals surface area contributed by atoms with Gasteiger partial charge in [0, 0.05) is 11.9 Å². The van der Waals surface area contributed by atoms with Crippen molar-refractivity contribution in [3.8, 4) is 0 Å². The largest absolute Gasteiger partial charge is 0.260 e. The van der Waals surface area contributed by atoms with Gasteiger partial charge in [0.25, 0.3) is 0 Å². The van der Waals surface area contributed by atoms with Crippen LogP contribution in [0.25, 0.3) is 0 Å². The zero-order valence-electron chi connectivity index (χ0n) is 10.2. The van der Waals surface area contributed by atoms with E-state index in [2.05, 4.69) is 46.5 Å². The van der Waals surface area contributed by atoms with E-state index in [0.29, 0.717) is 11.8 Å². The van der Waals surface area contributed by atoms with Crippen LogP contribution in [0.15, 0.2) is 6.20 Å². The molecule has 0 atom stereocenters. The van der Waals surface area contributed by atoms with E-state index in [1.165, 1.54) is 22.4 Å². The minimum atomic E-state index is 0.520. The summed E-state index contributed by atoms with van der Waals surface area (Å²) < 4.78 is 0. The lowest BCUT2D eigenvalue weighted by Gasteiger charge is -2.18. The van der Waals surface area contributed by atoms with Gasteiger partial charge in [-0.2, -0.15) is 0 Å². The highest BCUT2D eigenvalue weighted by Gasteiger charge is 2.14. The van der Waals surface area contributed by atoms with Crippen LogP contribution in [0.3, 0.4) is 0 Å². The smallest absolute Gasteiger partial charge is 0.0466 e. The predicted molar refractivity (Wildman–Crippen MR) is 61.9 cm³/mol. The number of hydrogen-bond donors (Lipinski definition) is 0. The van der Waals surface area contributed by atoms with Gasteiger partial charge in [0.1, 0.15) is 0 Å². The van der Waals surface area contributed by atoms with Crippen molar-refractivity contribution >= 4 is 0 Å². The third kappa shape index (κ3) is 1.97. The molecule has 78 valence electrons. The fourth-order valence-corrected chi connectivity index (χ4v) is 1.93. The van der Waals surface area contributed by atoms with E-state index in [4.69, 9.17) is 0 Å². The average molecular weight is 191 g/mol. The Morgan fingerprint density at radius 1 is 1.00 bits per heavy atom. The number of pyridine rings is 1. The van der Waals surface area contributed by atoms with Crippen LogP contribution in [0.1, 0.15) is 61.9 Å². The Labute approximate surface area is 87.6 Å². The molecule has 0 saturated carbocycles. The summed E-state index contributed by atoms with van der Waals surface area (Å²) in [5.41, 5.74) is 5.43. The topological polar surface area (TPSA) is 12.9 Å². The Kier molecular flexibility index (Phi) is 3.30. The summed E-state index contributed by atoms with van der Waals surface area (Å²) in [6, 6.07) is 0. The maximum Gasteiger partial charge on any atom is 0.0466 e. The molecule has 0 fully saturated rings. The Morgan fingerprint density at radius 2 is 1.57 bits per heavy atom. The van der Waals surface area contributed by atoms with Gasteiger partial charge >= 0.3 is 0 Å². The van der Waals surface area contributed by atoms with Gasteiger partial charge < -0.3 is 0 Å². The molecule has 0 radical (unpaired) electrons. The molecule has 1 nitrogen and oxygen atoms in total. The molecule has 0 amide bonds. The summed E-state index contributed by atoms with van der Waals surface area (Å²) >= 11 is 0. The molecular formula is C13H21N. The van der Waals surface area contributed by atoms with Crippen molar-refractivity contribution in [2.24, 2.45) is 0 Å². The second kappa shape index (κ2) is 4.12. The van der Waals surface area contributed by atoms with Crippen LogP contribution >= 0.6 is 0 Å². The molecule has 1 heteroatoms. The average Bonchev–Trinajstić information content (AvgIpc) is 2.08. The van der Waals surface area contributed by atoms with Gasteiger partial charge in [0.15, 0.2) is 0 Å². The lowest BCUT2D eigenvalue weighted by Crippen LogP contribution is -2.05. The number of nitrogens with zero attached hydrogens (tertiary/aromatic N) is 1. The molecule has 1 heterocycles. The first-order valence-electron chi connectivity index (χ1n) is 5.41. The van der Waals surface area contributed by atoms with Crippen LogP contribution < -0.4 is 0 Å². The first kappa shape index (κ1) is 11.2. The van der Waals surface area contributed by atoms with Crippen molar-refractivity contribution in [1.29, 1.82) is 0 Å². The van der Waals surface area contributed by atoms with Gasteiger partial charge in [-0.3, -0.25) is 4.98 Å². The zero-order valence-corrected chi connectivity index (χ0v) is 10.2. The van der Waals surface area contributed by atoms with Crippen LogP contribution in [-0.2, 0) is 0 Å². The molecule has 0 spiro atoms. The van der Waals surface area contributed by atoms with Crippen molar-refractivity contribution < 1.29 is 0 Å². The van der Waals surface area contributed by atoms with E-state index in [0.717, 1.165) is 0 Å². The van der Waals surface area contributed by atoms with Gasteiger partial charge in [0.05, 0.1) is 0 Å². The molecule has 0 aromatic carbocycles. The van der Waals surface area contributed by atoms with Crippen LogP contribution in [0.2, 0.25) is 0 Å². The molecule has 1 aromatic rings. The fraction of sp³-hybridized carbons (Fsp3) is 0.615. The fourth-order valence-electron chi connectivity index (χ4n) is 1.93. The van der Waals surface area contributed by atoms with Crippen LogP contribution in [-0.4, -0.2) is 4.98 Å². The maximum atomic E-state index is 4.56. The monoisotopic (exact) mass is 191 g/mol. The molecule has 0 saturated heterocycles. The Morgan fingerprint density at radius 3 is 2.00 bits per heavy atom. The molecule has 0 bridgehead atoms. The number of rotatable bonds is 2. The summed E-state index contributed by atoms with van der Waals surface area (Å²) in [6.07, 6.45) is 2.00. The van der Waals surface area contributed by atoms with Gasteiger partial charge in [-0.15, -0.1) is 0 Å². The van der Waals surface area contributed by atoms with E-state index >= 15 is 0 Å². The van der Waals surface area contributed by atoms with Crippen molar-refractivity contribution in [3.05, 3.63) is 28.6 Å². The highest BCUT2D eigenvalue weighted by molar-refractivity contribution is 5.38. The predicted octanol–water partition coefficient (Wildman–Crippen LogP) is 3.95. The Bertz CT molecular complexity index is 324. The third-order valence-electron chi connectivity index (χ3n) is 2.79. The standard InChI is InChI=1S/C13H21N/c1-8(2)12-11(6)10(5)7-14-13(12)9(3)4/h7-9H,1-6H3. The molecule has 0 unspecified atom stereocenters. The first-order valence-corrected chi connectivity index (χ1v) is 5.41. The lowest BCUT2D eigenvalue weighted by atomic mass is 9.90. The van der Waals surface area contributed by atoms with Crippen molar-refractivity contribution in [1.82, 2.24) is 4.98 Å². The van der Waals surface area contributed by atoms with Crippen molar-refractivity contribution in [3.63, 3.8) is 0 Å². The van der Waals surface area contributed by atoms with Crippen molar-refractivity contribution in [2.45, 2.75) is 53.4 Å². The van der Waals surface area contributed by atoms with Crippen LogP contribution in [0.4, 0.5) is 0 Å².